The molecule has 0 unspecified atom stereocenters. The van der Waals surface area contributed by atoms with Crippen molar-refractivity contribution in [1.82, 2.24) is 19.6 Å². The van der Waals surface area contributed by atoms with Crippen LogP contribution in [0.15, 0.2) is 22.8 Å². The van der Waals surface area contributed by atoms with Gasteiger partial charge < -0.3 is 15.0 Å². The summed E-state index contributed by atoms with van der Waals surface area (Å²) in [6.45, 7) is 2.24. The standard InChI is InChI=1S/C15H21N5O2S.HI/c1-16-14(19-5-3-11(4-6-19)13(21)22-2)17-9-12-10-20-7-8-23-15(20)18-12;/h7-8,10-11H,3-6,9H2,1-2H3,(H,16,17);1H. The number of hydrogen-bond donors (Lipinski definition) is 1. The van der Waals surface area contributed by atoms with Gasteiger partial charge in [0.05, 0.1) is 25.3 Å². The minimum atomic E-state index is -0.106. The Morgan fingerprint density at radius 3 is 2.88 bits per heavy atom. The number of esters is 1. The second-order valence-corrected chi connectivity index (χ2v) is 6.38. The SMILES string of the molecule is CN=C(NCc1cn2ccsc2n1)N1CCC(C(=O)OC)CC1.I. The average Bonchev–Trinajstić information content (AvgIpc) is 3.16. The van der Waals surface area contributed by atoms with Gasteiger partial charge in [0.2, 0.25) is 0 Å². The van der Waals surface area contributed by atoms with Crippen LogP contribution in [0.2, 0.25) is 0 Å². The summed E-state index contributed by atoms with van der Waals surface area (Å²) in [6, 6.07) is 0. The van der Waals surface area contributed by atoms with Gasteiger partial charge >= 0.3 is 5.97 Å². The maximum Gasteiger partial charge on any atom is 0.308 e. The number of halogens is 1. The number of likely N-dealkylation sites (tertiary alicyclic amines) is 1. The lowest BCUT2D eigenvalue weighted by Crippen LogP contribution is -2.46. The first kappa shape index (κ1) is 19.0. The van der Waals surface area contributed by atoms with Crippen molar-refractivity contribution in [3.05, 3.63) is 23.5 Å². The lowest BCUT2D eigenvalue weighted by Gasteiger charge is -2.33. The molecule has 0 amide bonds. The molecule has 1 fully saturated rings. The van der Waals surface area contributed by atoms with Crippen LogP contribution in [0.1, 0.15) is 18.5 Å². The molecule has 1 aliphatic rings. The Bertz CT molecular complexity index is 677. The fraction of sp³-hybridized carbons (Fsp3) is 0.533. The molecule has 24 heavy (non-hydrogen) atoms. The number of guanidine groups is 1. The van der Waals surface area contributed by atoms with Gasteiger partial charge in [-0.1, -0.05) is 0 Å². The third-order valence-electron chi connectivity index (χ3n) is 4.11. The van der Waals surface area contributed by atoms with Crippen molar-refractivity contribution in [2.24, 2.45) is 10.9 Å². The van der Waals surface area contributed by atoms with E-state index in [4.69, 9.17) is 4.74 Å². The number of fused-ring (bicyclic) bond motifs is 1. The fourth-order valence-corrected chi connectivity index (χ4v) is 3.58. The van der Waals surface area contributed by atoms with Crippen molar-refractivity contribution in [2.75, 3.05) is 27.2 Å². The predicted octanol–water partition coefficient (Wildman–Crippen LogP) is 1.97. The van der Waals surface area contributed by atoms with Crippen molar-refractivity contribution in [3.8, 4) is 0 Å². The van der Waals surface area contributed by atoms with Crippen LogP contribution in [-0.2, 0) is 16.1 Å². The van der Waals surface area contributed by atoms with Crippen LogP contribution < -0.4 is 5.32 Å². The van der Waals surface area contributed by atoms with Crippen LogP contribution in [0.5, 0.6) is 0 Å². The van der Waals surface area contributed by atoms with Crippen LogP contribution in [-0.4, -0.2) is 53.5 Å². The first-order valence-corrected chi connectivity index (χ1v) is 8.53. The molecule has 7 nitrogen and oxygen atoms in total. The molecule has 0 aliphatic carbocycles. The first-order valence-electron chi connectivity index (χ1n) is 7.65. The van der Waals surface area contributed by atoms with Crippen molar-refractivity contribution >= 4 is 52.2 Å². The van der Waals surface area contributed by atoms with Gasteiger partial charge in [0, 0.05) is 37.9 Å². The molecule has 3 heterocycles. The zero-order valence-corrected chi connectivity index (χ0v) is 16.9. The van der Waals surface area contributed by atoms with Crippen LogP contribution in [0.3, 0.4) is 0 Å². The van der Waals surface area contributed by atoms with Crippen molar-refractivity contribution < 1.29 is 9.53 Å². The molecule has 0 atom stereocenters. The second-order valence-electron chi connectivity index (χ2n) is 5.51. The van der Waals surface area contributed by atoms with Gasteiger partial charge in [-0.05, 0) is 12.8 Å². The molecule has 1 saturated heterocycles. The number of aliphatic imine (C=N–C) groups is 1. The van der Waals surface area contributed by atoms with Gasteiger partial charge in [0.15, 0.2) is 10.9 Å². The molecule has 0 saturated carbocycles. The normalized spacial score (nSPS) is 16.1. The number of thiazole rings is 1. The summed E-state index contributed by atoms with van der Waals surface area (Å²) in [6.07, 6.45) is 5.62. The highest BCUT2D eigenvalue weighted by Gasteiger charge is 2.26. The summed E-state index contributed by atoms with van der Waals surface area (Å²) >= 11 is 1.62. The van der Waals surface area contributed by atoms with Crippen LogP contribution >= 0.6 is 35.3 Å². The minimum Gasteiger partial charge on any atom is -0.469 e. The number of carbonyl (C=O) groups excluding carboxylic acids is 1. The zero-order chi connectivity index (χ0) is 16.2. The average molecular weight is 463 g/mol. The number of piperidine rings is 1. The minimum absolute atomic E-state index is 0. The van der Waals surface area contributed by atoms with Crippen LogP contribution in [0.4, 0.5) is 0 Å². The van der Waals surface area contributed by atoms with E-state index >= 15 is 0 Å². The maximum absolute atomic E-state index is 11.6. The Morgan fingerprint density at radius 2 is 2.25 bits per heavy atom. The van der Waals surface area contributed by atoms with E-state index in [-0.39, 0.29) is 35.9 Å². The largest absolute Gasteiger partial charge is 0.469 e. The Labute approximate surface area is 162 Å². The molecule has 1 aliphatic heterocycles. The van der Waals surface area contributed by atoms with Crippen molar-refractivity contribution in [3.63, 3.8) is 0 Å². The molecule has 1 N–H and O–H groups in total. The van der Waals surface area contributed by atoms with Gasteiger partial charge in [-0.3, -0.25) is 14.2 Å². The molecule has 0 spiro atoms. The van der Waals surface area contributed by atoms with Crippen LogP contribution in [0, 0.1) is 5.92 Å². The molecule has 2 aromatic rings. The predicted molar refractivity (Wildman–Crippen MR) is 105 cm³/mol. The number of nitrogens with one attached hydrogen (secondary N) is 1. The summed E-state index contributed by atoms with van der Waals surface area (Å²) < 4.78 is 6.85. The van der Waals surface area contributed by atoms with E-state index in [0.29, 0.717) is 6.54 Å². The van der Waals surface area contributed by atoms with Gasteiger partial charge in [0.1, 0.15) is 0 Å². The molecule has 2 aromatic heterocycles. The smallest absolute Gasteiger partial charge is 0.308 e. The molecule has 9 heteroatoms. The summed E-state index contributed by atoms with van der Waals surface area (Å²) in [7, 11) is 3.23. The summed E-state index contributed by atoms with van der Waals surface area (Å²) in [5, 5.41) is 5.37. The Kier molecular flexibility index (Phi) is 6.84. The van der Waals surface area contributed by atoms with Crippen molar-refractivity contribution in [1.29, 1.82) is 0 Å². The lowest BCUT2D eigenvalue weighted by molar-refractivity contribution is -0.146. The first-order chi connectivity index (χ1) is 11.2. The number of methoxy groups -OCH3 is 1. The summed E-state index contributed by atoms with van der Waals surface area (Å²) in [5.74, 6) is 0.754. The Morgan fingerprint density at radius 1 is 1.50 bits per heavy atom. The number of hydrogen-bond acceptors (Lipinski definition) is 5. The van der Waals surface area contributed by atoms with E-state index < -0.39 is 0 Å². The van der Waals surface area contributed by atoms with Crippen LogP contribution in [0.25, 0.3) is 4.96 Å². The number of nitrogens with zero attached hydrogens (tertiary/aromatic N) is 4. The summed E-state index contributed by atoms with van der Waals surface area (Å²) in [5.41, 5.74) is 0.988. The van der Waals surface area contributed by atoms with E-state index in [1.807, 2.05) is 22.2 Å². The monoisotopic (exact) mass is 463 g/mol. The van der Waals surface area contributed by atoms with Crippen molar-refractivity contribution in [2.45, 2.75) is 19.4 Å². The number of imidazole rings is 1. The number of carbonyl (C=O) groups is 1. The molecular weight excluding hydrogens is 441 g/mol. The second kappa shape index (κ2) is 8.65. The van der Waals surface area contributed by atoms with Gasteiger partial charge in [-0.25, -0.2) is 4.98 Å². The Hall–Kier alpha value is -1.36. The van der Waals surface area contributed by atoms with E-state index in [2.05, 4.69) is 20.2 Å². The highest BCUT2D eigenvalue weighted by atomic mass is 127. The quantitative estimate of drug-likeness (QED) is 0.326. The maximum atomic E-state index is 11.6. The van der Waals surface area contributed by atoms with E-state index in [1.165, 1.54) is 7.11 Å². The fourth-order valence-electron chi connectivity index (χ4n) is 2.86. The number of rotatable bonds is 3. The molecular formula is C15H22IN5O2S. The molecule has 3 rings (SSSR count). The highest BCUT2D eigenvalue weighted by Crippen LogP contribution is 2.18. The lowest BCUT2D eigenvalue weighted by atomic mass is 9.97. The van der Waals surface area contributed by atoms with E-state index in [9.17, 15) is 4.79 Å². The molecule has 0 bridgehead atoms. The number of aromatic nitrogens is 2. The molecule has 0 aromatic carbocycles. The third kappa shape index (κ3) is 4.18. The molecule has 132 valence electrons. The number of ether oxygens (including phenoxy) is 1. The molecule has 0 radical (unpaired) electrons. The summed E-state index contributed by atoms with van der Waals surface area (Å²) in [4.78, 5) is 23.7. The van der Waals surface area contributed by atoms with Gasteiger partial charge in [-0.15, -0.1) is 35.3 Å². The van der Waals surface area contributed by atoms with Gasteiger partial charge in [0.25, 0.3) is 0 Å². The van der Waals surface area contributed by atoms with Gasteiger partial charge in [-0.2, -0.15) is 0 Å². The topological polar surface area (TPSA) is 71.2 Å². The third-order valence-corrected chi connectivity index (χ3v) is 4.88. The Balaban J connectivity index is 0.00000208. The van der Waals surface area contributed by atoms with E-state index in [0.717, 1.165) is 42.5 Å². The highest BCUT2D eigenvalue weighted by molar-refractivity contribution is 14.0. The zero-order valence-electron chi connectivity index (χ0n) is 13.8. The van der Waals surface area contributed by atoms with E-state index in [1.54, 1.807) is 18.4 Å².